The van der Waals surface area contributed by atoms with Gasteiger partial charge in [0.15, 0.2) is 6.79 Å². The van der Waals surface area contributed by atoms with Gasteiger partial charge in [0, 0.05) is 12.7 Å². The minimum Gasteiger partial charge on any atom is -0.356 e. The Morgan fingerprint density at radius 2 is 1.96 bits per heavy atom. The zero-order valence-corrected chi connectivity index (χ0v) is 13.8. The van der Waals surface area contributed by atoms with Gasteiger partial charge in [-0.25, -0.2) is 14.2 Å². The number of methoxy groups -OCH3 is 1. The van der Waals surface area contributed by atoms with Crippen LogP contribution in [0, 0.1) is 11.7 Å². The van der Waals surface area contributed by atoms with Gasteiger partial charge >= 0.3 is 5.91 Å². The molecular weight excluding hydrogens is 315 g/mol. The van der Waals surface area contributed by atoms with Crippen molar-refractivity contribution in [2.45, 2.75) is 20.3 Å². The molecule has 0 aliphatic carbocycles. The van der Waals surface area contributed by atoms with E-state index in [0.717, 1.165) is 0 Å². The van der Waals surface area contributed by atoms with Crippen molar-refractivity contribution in [3.05, 3.63) is 41.3 Å². The maximum Gasteiger partial charge on any atom is 0.303 e. The van der Waals surface area contributed by atoms with Crippen LogP contribution in [-0.2, 0) is 19.2 Å². The molecule has 1 aliphatic rings. The van der Waals surface area contributed by atoms with Gasteiger partial charge in [-0.1, -0.05) is 32.0 Å². The molecule has 128 valence electrons. The van der Waals surface area contributed by atoms with Crippen LogP contribution in [-0.4, -0.2) is 36.5 Å². The van der Waals surface area contributed by atoms with E-state index in [4.69, 9.17) is 9.57 Å². The summed E-state index contributed by atoms with van der Waals surface area (Å²) in [6.07, 6.45) is 1.67. The molecule has 0 aromatic heterocycles. The van der Waals surface area contributed by atoms with Gasteiger partial charge in [-0.05, 0) is 24.5 Å². The quantitative estimate of drug-likeness (QED) is 0.455. The number of hydroxylamine groups is 2. The fourth-order valence-corrected chi connectivity index (χ4v) is 2.13. The Morgan fingerprint density at radius 3 is 2.58 bits per heavy atom. The van der Waals surface area contributed by atoms with E-state index >= 15 is 0 Å². The molecular formula is C17H19FN2O4. The Morgan fingerprint density at radius 1 is 1.25 bits per heavy atom. The van der Waals surface area contributed by atoms with Gasteiger partial charge in [-0.2, -0.15) is 0 Å². The zero-order valence-electron chi connectivity index (χ0n) is 13.8. The number of halogens is 1. The number of rotatable bonds is 6. The van der Waals surface area contributed by atoms with Crippen LogP contribution in [0.2, 0.25) is 0 Å². The van der Waals surface area contributed by atoms with E-state index < -0.39 is 17.6 Å². The Balaban J connectivity index is 2.44. The van der Waals surface area contributed by atoms with Gasteiger partial charge in [0.2, 0.25) is 0 Å². The van der Waals surface area contributed by atoms with Crippen LogP contribution in [0.15, 0.2) is 35.0 Å². The highest BCUT2D eigenvalue weighted by Crippen LogP contribution is 2.20. The van der Waals surface area contributed by atoms with Crippen molar-refractivity contribution in [2.24, 2.45) is 10.9 Å². The third-order valence-corrected chi connectivity index (χ3v) is 3.19. The first-order valence-corrected chi connectivity index (χ1v) is 7.48. The first kappa shape index (κ1) is 18.0. The number of carbonyl (C=O) groups excluding carboxylic acids is 2. The summed E-state index contributed by atoms with van der Waals surface area (Å²) in [5, 5.41) is 0.612. The third-order valence-electron chi connectivity index (χ3n) is 3.19. The number of benzene rings is 1. The van der Waals surface area contributed by atoms with Crippen LogP contribution in [0.5, 0.6) is 0 Å². The van der Waals surface area contributed by atoms with E-state index in [1.165, 1.54) is 25.3 Å². The fraction of sp³-hybridized carbons (Fsp3) is 0.353. The molecule has 1 heterocycles. The SMILES string of the molecule is COCON1C(=O)C(CC(C)C)=N/C(=C/c2ccccc2F)C1=O. The number of ether oxygens (including phenoxy) is 1. The van der Waals surface area contributed by atoms with E-state index in [2.05, 4.69) is 4.99 Å². The highest BCUT2D eigenvalue weighted by Gasteiger charge is 2.35. The van der Waals surface area contributed by atoms with Crippen LogP contribution >= 0.6 is 0 Å². The highest BCUT2D eigenvalue weighted by molar-refractivity contribution is 6.44. The molecule has 0 N–H and O–H groups in total. The van der Waals surface area contributed by atoms with Gasteiger partial charge in [-0.15, -0.1) is 5.06 Å². The lowest BCUT2D eigenvalue weighted by molar-refractivity contribution is -0.213. The number of nitrogens with zero attached hydrogens (tertiary/aromatic N) is 2. The van der Waals surface area contributed by atoms with Gasteiger partial charge in [0.25, 0.3) is 5.91 Å². The van der Waals surface area contributed by atoms with Crippen LogP contribution in [0.1, 0.15) is 25.8 Å². The second-order valence-electron chi connectivity index (χ2n) is 5.65. The van der Waals surface area contributed by atoms with E-state index in [0.29, 0.717) is 11.5 Å². The Hall–Kier alpha value is -2.38. The maximum atomic E-state index is 13.8. The fourth-order valence-electron chi connectivity index (χ4n) is 2.13. The van der Waals surface area contributed by atoms with Crippen molar-refractivity contribution in [3.8, 4) is 0 Å². The topological polar surface area (TPSA) is 68.2 Å². The van der Waals surface area contributed by atoms with Crippen molar-refractivity contribution in [1.82, 2.24) is 5.06 Å². The van der Waals surface area contributed by atoms with Crippen LogP contribution in [0.25, 0.3) is 6.08 Å². The summed E-state index contributed by atoms with van der Waals surface area (Å²) < 4.78 is 18.6. The van der Waals surface area contributed by atoms with E-state index in [1.807, 2.05) is 13.8 Å². The Labute approximate surface area is 139 Å². The molecule has 0 saturated heterocycles. The molecule has 0 saturated carbocycles. The monoisotopic (exact) mass is 334 g/mol. The number of amides is 2. The van der Waals surface area contributed by atoms with Crippen LogP contribution in [0.3, 0.4) is 0 Å². The van der Waals surface area contributed by atoms with Gasteiger partial charge in [0.1, 0.15) is 17.2 Å². The molecule has 0 atom stereocenters. The average Bonchev–Trinajstić information content (AvgIpc) is 2.53. The van der Waals surface area contributed by atoms with Crippen molar-refractivity contribution < 1.29 is 23.6 Å². The Bertz CT molecular complexity index is 698. The lowest BCUT2D eigenvalue weighted by Crippen LogP contribution is -2.45. The molecule has 1 aromatic carbocycles. The largest absolute Gasteiger partial charge is 0.356 e. The molecule has 0 bridgehead atoms. The number of imide groups is 1. The zero-order chi connectivity index (χ0) is 17.7. The minimum atomic E-state index is -0.757. The van der Waals surface area contributed by atoms with Gasteiger partial charge in [-0.3, -0.25) is 9.59 Å². The number of carbonyl (C=O) groups is 2. The lowest BCUT2D eigenvalue weighted by Gasteiger charge is -2.25. The predicted octanol–water partition coefficient (Wildman–Crippen LogP) is 2.56. The molecule has 2 rings (SSSR count). The van der Waals surface area contributed by atoms with Crippen LogP contribution in [0.4, 0.5) is 4.39 Å². The molecule has 1 aliphatic heterocycles. The second-order valence-corrected chi connectivity index (χ2v) is 5.65. The highest BCUT2D eigenvalue weighted by atomic mass is 19.1. The molecule has 0 fully saturated rings. The van der Waals surface area contributed by atoms with Crippen LogP contribution < -0.4 is 0 Å². The first-order valence-electron chi connectivity index (χ1n) is 7.48. The molecule has 0 unspecified atom stereocenters. The first-order chi connectivity index (χ1) is 11.4. The summed E-state index contributed by atoms with van der Waals surface area (Å²) in [5.74, 6) is -1.72. The average molecular weight is 334 g/mol. The maximum absolute atomic E-state index is 13.8. The summed E-state index contributed by atoms with van der Waals surface area (Å²) in [5.41, 5.74) is 0.323. The van der Waals surface area contributed by atoms with Crippen molar-refractivity contribution in [1.29, 1.82) is 0 Å². The molecule has 0 spiro atoms. The van der Waals surface area contributed by atoms with E-state index in [-0.39, 0.29) is 29.7 Å². The van der Waals surface area contributed by atoms with E-state index in [9.17, 15) is 14.0 Å². The molecule has 2 amide bonds. The molecule has 7 heteroatoms. The van der Waals surface area contributed by atoms with Gasteiger partial charge < -0.3 is 4.74 Å². The summed E-state index contributed by atoms with van der Waals surface area (Å²) >= 11 is 0. The molecule has 24 heavy (non-hydrogen) atoms. The van der Waals surface area contributed by atoms with Crippen molar-refractivity contribution in [3.63, 3.8) is 0 Å². The minimum absolute atomic E-state index is 0.0635. The molecule has 0 radical (unpaired) electrons. The number of aliphatic imine (C=N–C) groups is 1. The van der Waals surface area contributed by atoms with Gasteiger partial charge in [0.05, 0.1) is 0 Å². The molecule has 6 nitrogen and oxygen atoms in total. The smallest absolute Gasteiger partial charge is 0.303 e. The Kier molecular flexibility index (Phi) is 5.94. The predicted molar refractivity (Wildman–Crippen MR) is 86.1 cm³/mol. The second kappa shape index (κ2) is 7.94. The normalized spacial score (nSPS) is 17.0. The number of hydrogen-bond donors (Lipinski definition) is 0. The molecule has 1 aromatic rings. The summed E-state index contributed by atoms with van der Waals surface area (Å²) in [6.45, 7) is 3.58. The van der Waals surface area contributed by atoms with Crippen molar-refractivity contribution >= 4 is 23.6 Å². The van der Waals surface area contributed by atoms with E-state index in [1.54, 1.807) is 12.1 Å². The van der Waals surface area contributed by atoms with Crippen molar-refractivity contribution in [2.75, 3.05) is 13.9 Å². The summed E-state index contributed by atoms with van der Waals surface area (Å²) in [4.78, 5) is 33.9. The standard InChI is InChI=1S/C17H19FN2O4/c1-11(2)8-14-16(21)20(24-10-23-3)17(22)15(19-14)9-12-6-4-5-7-13(12)18/h4-7,9,11H,8,10H2,1-3H3/b15-9+. The lowest BCUT2D eigenvalue weighted by atomic mass is 10.0. The summed E-state index contributed by atoms with van der Waals surface area (Å²) in [7, 11) is 1.37. The summed E-state index contributed by atoms with van der Waals surface area (Å²) in [6, 6.07) is 5.99. The number of hydrogen-bond acceptors (Lipinski definition) is 5. The third kappa shape index (κ3) is 4.12.